The first-order chi connectivity index (χ1) is 13.6. The molecule has 0 bridgehead atoms. The van der Waals surface area contributed by atoms with Gasteiger partial charge in [0.15, 0.2) is 0 Å². The minimum Gasteiger partial charge on any atom is -0.465 e. The second kappa shape index (κ2) is 9.37. The van der Waals surface area contributed by atoms with Crippen LogP contribution in [0.5, 0.6) is 0 Å². The number of methoxy groups -OCH3 is 1. The molecule has 6 heteroatoms. The number of rotatable bonds is 6. The zero-order valence-corrected chi connectivity index (χ0v) is 17.5. The Hall–Kier alpha value is -3.15. The molecule has 0 saturated heterocycles. The predicted molar refractivity (Wildman–Crippen MR) is 112 cm³/mol. The van der Waals surface area contributed by atoms with Crippen molar-refractivity contribution >= 4 is 17.8 Å². The fraction of sp³-hybridized carbons (Fsp3) is 0.348. The van der Waals surface area contributed by atoms with Gasteiger partial charge < -0.3 is 15.4 Å². The second-order valence-electron chi connectivity index (χ2n) is 7.93. The Bertz CT molecular complexity index is 865. The molecule has 0 aliphatic heterocycles. The van der Waals surface area contributed by atoms with E-state index in [9.17, 15) is 14.4 Å². The van der Waals surface area contributed by atoms with E-state index in [-0.39, 0.29) is 17.2 Å². The summed E-state index contributed by atoms with van der Waals surface area (Å²) < 4.78 is 4.65. The molecule has 1 atom stereocenters. The molecule has 2 aromatic carbocycles. The van der Waals surface area contributed by atoms with E-state index in [0.29, 0.717) is 17.7 Å². The smallest absolute Gasteiger partial charge is 0.337 e. The van der Waals surface area contributed by atoms with Crippen LogP contribution in [-0.2, 0) is 21.5 Å². The van der Waals surface area contributed by atoms with Gasteiger partial charge in [0.05, 0.1) is 12.7 Å². The number of hydrogen-bond acceptors (Lipinski definition) is 4. The number of carbonyl (C=O) groups is 3. The number of carbonyl (C=O) groups excluding carboxylic acids is 3. The Morgan fingerprint density at radius 2 is 1.48 bits per heavy atom. The standard InChI is InChI=1S/C23H28N2O4/c1-15(25-21(27)17-10-12-19(13-11-17)23(2,3)4)20(26)24-14-16-6-8-18(9-7-16)22(28)29-5/h6-13,15H,14H2,1-5H3,(H,24,26)(H,25,27)/t15-/m0/s1. The summed E-state index contributed by atoms with van der Waals surface area (Å²) in [6, 6.07) is 13.5. The van der Waals surface area contributed by atoms with Crippen LogP contribution >= 0.6 is 0 Å². The van der Waals surface area contributed by atoms with Crippen molar-refractivity contribution in [2.45, 2.75) is 45.7 Å². The third kappa shape index (κ3) is 6.17. The quantitative estimate of drug-likeness (QED) is 0.735. The summed E-state index contributed by atoms with van der Waals surface area (Å²) in [7, 11) is 1.32. The first-order valence-corrected chi connectivity index (χ1v) is 9.48. The van der Waals surface area contributed by atoms with E-state index in [4.69, 9.17) is 0 Å². The van der Waals surface area contributed by atoms with Crippen molar-refractivity contribution in [2.24, 2.45) is 0 Å². The first kappa shape index (κ1) is 22.1. The molecule has 154 valence electrons. The highest BCUT2D eigenvalue weighted by Crippen LogP contribution is 2.22. The maximum Gasteiger partial charge on any atom is 0.337 e. The van der Waals surface area contributed by atoms with Crippen LogP contribution in [0.25, 0.3) is 0 Å². The van der Waals surface area contributed by atoms with Gasteiger partial charge in [0.2, 0.25) is 5.91 Å². The SMILES string of the molecule is COC(=O)c1ccc(CNC(=O)[C@H](C)NC(=O)c2ccc(C(C)(C)C)cc2)cc1. The van der Waals surface area contributed by atoms with Crippen molar-refractivity contribution < 1.29 is 19.1 Å². The first-order valence-electron chi connectivity index (χ1n) is 9.48. The number of esters is 1. The lowest BCUT2D eigenvalue weighted by atomic mass is 9.86. The van der Waals surface area contributed by atoms with Gasteiger partial charge in [-0.25, -0.2) is 4.79 Å². The lowest BCUT2D eigenvalue weighted by Gasteiger charge is -2.19. The maximum absolute atomic E-state index is 12.4. The van der Waals surface area contributed by atoms with Crippen LogP contribution in [0.2, 0.25) is 0 Å². The molecule has 2 rings (SSSR count). The molecule has 0 unspecified atom stereocenters. The Balaban J connectivity index is 1.88. The van der Waals surface area contributed by atoms with Crippen LogP contribution in [0.15, 0.2) is 48.5 Å². The van der Waals surface area contributed by atoms with Crippen LogP contribution in [0.1, 0.15) is 59.5 Å². The molecule has 0 fully saturated rings. The van der Waals surface area contributed by atoms with E-state index < -0.39 is 12.0 Å². The molecule has 2 aromatic rings. The fourth-order valence-corrected chi connectivity index (χ4v) is 2.69. The molecule has 0 heterocycles. The molecule has 0 saturated carbocycles. The highest BCUT2D eigenvalue weighted by Gasteiger charge is 2.18. The summed E-state index contributed by atoms with van der Waals surface area (Å²) >= 11 is 0. The third-order valence-electron chi connectivity index (χ3n) is 4.60. The number of benzene rings is 2. The van der Waals surface area contributed by atoms with Gasteiger partial charge in [0.1, 0.15) is 6.04 Å². The summed E-state index contributed by atoms with van der Waals surface area (Å²) in [4.78, 5) is 36.1. The Kier molecular flexibility index (Phi) is 7.15. The van der Waals surface area contributed by atoms with Gasteiger partial charge in [-0.15, -0.1) is 0 Å². The Morgan fingerprint density at radius 1 is 0.931 bits per heavy atom. The molecule has 0 radical (unpaired) electrons. The van der Waals surface area contributed by atoms with Gasteiger partial charge in [0.25, 0.3) is 5.91 Å². The van der Waals surface area contributed by atoms with E-state index >= 15 is 0 Å². The fourth-order valence-electron chi connectivity index (χ4n) is 2.69. The maximum atomic E-state index is 12.4. The lowest BCUT2D eigenvalue weighted by molar-refractivity contribution is -0.122. The van der Waals surface area contributed by atoms with Crippen molar-refractivity contribution in [3.63, 3.8) is 0 Å². The summed E-state index contributed by atoms with van der Waals surface area (Å²) in [5.74, 6) is -0.996. The van der Waals surface area contributed by atoms with Gasteiger partial charge in [-0.2, -0.15) is 0 Å². The van der Waals surface area contributed by atoms with Crippen LogP contribution in [0, 0.1) is 0 Å². The van der Waals surface area contributed by atoms with E-state index in [2.05, 4.69) is 36.1 Å². The zero-order chi connectivity index (χ0) is 21.6. The Morgan fingerprint density at radius 3 is 2.00 bits per heavy atom. The van der Waals surface area contributed by atoms with Gasteiger partial charge in [-0.05, 0) is 47.7 Å². The zero-order valence-electron chi connectivity index (χ0n) is 17.5. The van der Waals surface area contributed by atoms with Gasteiger partial charge in [-0.3, -0.25) is 9.59 Å². The molecule has 0 aliphatic rings. The predicted octanol–water partition coefficient (Wildman–Crippen LogP) is 3.21. The van der Waals surface area contributed by atoms with Gasteiger partial charge in [0, 0.05) is 12.1 Å². The van der Waals surface area contributed by atoms with Crippen LogP contribution in [0.3, 0.4) is 0 Å². The summed E-state index contributed by atoms with van der Waals surface area (Å²) in [5.41, 5.74) is 2.94. The monoisotopic (exact) mass is 396 g/mol. The molecular weight excluding hydrogens is 368 g/mol. The number of nitrogens with one attached hydrogen (secondary N) is 2. The second-order valence-corrected chi connectivity index (χ2v) is 7.93. The minimum absolute atomic E-state index is 0.0111. The van der Waals surface area contributed by atoms with E-state index in [1.54, 1.807) is 43.3 Å². The molecule has 6 nitrogen and oxygen atoms in total. The van der Waals surface area contributed by atoms with Gasteiger partial charge >= 0.3 is 5.97 Å². The van der Waals surface area contributed by atoms with E-state index in [1.165, 1.54) is 7.11 Å². The highest BCUT2D eigenvalue weighted by atomic mass is 16.5. The van der Waals surface area contributed by atoms with Gasteiger partial charge in [-0.1, -0.05) is 45.0 Å². The highest BCUT2D eigenvalue weighted by molar-refractivity contribution is 5.97. The van der Waals surface area contributed by atoms with Crippen LogP contribution in [0.4, 0.5) is 0 Å². The Labute approximate surface area is 171 Å². The topological polar surface area (TPSA) is 84.5 Å². The lowest BCUT2D eigenvalue weighted by Crippen LogP contribution is -2.44. The van der Waals surface area contributed by atoms with E-state index in [0.717, 1.165) is 11.1 Å². The minimum atomic E-state index is -0.681. The molecule has 29 heavy (non-hydrogen) atoms. The van der Waals surface area contributed by atoms with Crippen molar-refractivity contribution in [1.29, 1.82) is 0 Å². The largest absolute Gasteiger partial charge is 0.465 e. The van der Waals surface area contributed by atoms with Crippen molar-refractivity contribution in [3.8, 4) is 0 Å². The van der Waals surface area contributed by atoms with Crippen molar-refractivity contribution in [2.75, 3.05) is 7.11 Å². The molecule has 0 spiro atoms. The normalized spacial score (nSPS) is 12.0. The summed E-state index contributed by atoms with van der Waals surface area (Å²) in [5, 5.41) is 5.49. The van der Waals surface area contributed by atoms with Crippen LogP contribution < -0.4 is 10.6 Å². The molecule has 0 aromatic heterocycles. The molecule has 2 amide bonds. The third-order valence-corrected chi connectivity index (χ3v) is 4.60. The molecule has 2 N–H and O–H groups in total. The average Bonchev–Trinajstić information content (AvgIpc) is 2.71. The summed E-state index contributed by atoms with van der Waals surface area (Å²) in [6.45, 7) is 8.25. The molecular formula is C23H28N2O4. The van der Waals surface area contributed by atoms with Crippen LogP contribution in [-0.4, -0.2) is 30.9 Å². The van der Waals surface area contributed by atoms with Crippen molar-refractivity contribution in [1.82, 2.24) is 10.6 Å². The number of amides is 2. The summed E-state index contributed by atoms with van der Waals surface area (Å²) in [6.07, 6.45) is 0. The van der Waals surface area contributed by atoms with Crippen molar-refractivity contribution in [3.05, 3.63) is 70.8 Å². The number of ether oxygens (including phenoxy) is 1. The molecule has 0 aliphatic carbocycles. The average molecular weight is 396 g/mol. The number of hydrogen-bond donors (Lipinski definition) is 2. The van der Waals surface area contributed by atoms with E-state index in [1.807, 2.05) is 12.1 Å².